The normalized spacial score (nSPS) is 22.3. The Morgan fingerprint density at radius 2 is 2.13 bits per heavy atom. The topological polar surface area (TPSA) is 84.0 Å². The number of amidine groups is 1. The first-order valence-corrected chi connectivity index (χ1v) is 6.86. The van der Waals surface area contributed by atoms with Crippen LogP contribution in [0.25, 0.3) is 0 Å². The van der Waals surface area contributed by atoms with Crippen LogP contribution in [0.4, 0.5) is 0 Å². The molecule has 0 bridgehead atoms. The van der Waals surface area contributed by atoms with Crippen LogP contribution in [-0.2, 0) is 9.84 Å². The van der Waals surface area contributed by atoms with E-state index in [2.05, 4.69) is 0 Å². The number of nitrogens with two attached hydrogens (primary N) is 1. The van der Waals surface area contributed by atoms with Gasteiger partial charge in [0.05, 0.1) is 15.9 Å². The van der Waals surface area contributed by atoms with Gasteiger partial charge >= 0.3 is 0 Å². The summed E-state index contributed by atoms with van der Waals surface area (Å²) in [4.78, 5) is 0.378. The molecule has 0 aromatic heterocycles. The third-order valence-electron chi connectivity index (χ3n) is 2.24. The fraction of sp³-hybridized carbons (Fsp3) is 0.222. The minimum absolute atomic E-state index is 0.0383. The van der Waals surface area contributed by atoms with Gasteiger partial charge in [-0.2, -0.15) is 0 Å². The zero-order valence-corrected chi connectivity index (χ0v) is 9.44. The molecule has 2 rings (SSSR count). The number of thioether (sulfide) groups is 1. The molecule has 1 aliphatic rings. The maximum Gasteiger partial charge on any atom is 0.180 e. The zero-order chi connectivity index (χ0) is 11.1. The summed E-state index contributed by atoms with van der Waals surface area (Å²) >= 11 is 1.09. The van der Waals surface area contributed by atoms with Gasteiger partial charge in [-0.15, -0.1) is 0 Å². The number of nitrogens with one attached hydrogen (secondary N) is 1. The highest BCUT2D eigenvalue weighted by Gasteiger charge is 2.34. The van der Waals surface area contributed by atoms with E-state index < -0.39 is 9.84 Å². The number of benzene rings is 1. The second-order valence-electron chi connectivity index (χ2n) is 3.29. The Labute approximate surface area is 92.3 Å². The molecule has 1 atom stereocenters. The summed E-state index contributed by atoms with van der Waals surface area (Å²) in [5.41, 5.74) is 6.03. The monoisotopic (exact) mass is 242 g/mol. The predicted octanol–water partition coefficient (Wildman–Crippen LogP) is 1.14. The fourth-order valence-electron chi connectivity index (χ4n) is 1.66. The van der Waals surface area contributed by atoms with E-state index in [-0.39, 0.29) is 16.2 Å². The van der Waals surface area contributed by atoms with Crippen molar-refractivity contribution in [1.29, 1.82) is 5.41 Å². The quantitative estimate of drug-likeness (QED) is 0.571. The lowest BCUT2D eigenvalue weighted by molar-refractivity contribution is 0.600. The highest BCUT2D eigenvalue weighted by Crippen LogP contribution is 2.41. The first-order valence-electron chi connectivity index (χ1n) is 4.33. The van der Waals surface area contributed by atoms with Crippen LogP contribution in [0.5, 0.6) is 0 Å². The van der Waals surface area contributed by atoms with Crippen molar-refractivity contribution in [2.75, 3.05) is 5.75 Å². The molecular weight excluding hydrogens is 232 g/mol. The van der Waals surface area contributed by atoms with E-state index in [4.69, 9.17) is 11.1 Å². The van der Waals surface area contributed by atoms with Crippen molar-refractivity contribution in [2.45, 2.75) is 10.1 Å². The second-order valence-corrected chi connectivity index (χ2v) is 6.54. The van der Waals surface area contributed by atoms with Crippen LogP contribution in [0.1, 0.15) is 10.8 Å². The molecule has 0 saturated carbocycles. The van der Waals surface area contributed by atoms with E-state index in [0.29, 0.717) is 4.90 Å². The molecular formula is C9H10N2O2S2. The summed E-state index contributed by atoms with van der Waals surface area (Å²) in [7, 11) is -3.17. The smallest absolute Gasteiger partial charge is 0.180 e. The van der Waals surface area contributed by atoms with E-state index >= 15 is 0 Å². The van der Waals surface area contributed by atoms with Crippen LogP contribution in [0, 0.1) is 5.41 Å². The molecule has 1 heterocycles. The third kappa shape index (κ3) is 1.87. The number of sulfone groups is 1. The molecule has 80 valence electrons. The Balaban J connectivity index is 2.47. The van der Waals surface area contributed by atoms with Gasteiger partial charge in [0.1, 0.15) is 0 Å². The third-order valence-corrected chi connectivity index (χ3v) is 5.23. The van der Waals surface area contributed by atoms with E-state index in [0.717, 1.165) is 17.3 Å². The first-order chi connectivity index (χ1) is 7.00. The minimum atomic E-state index is -3.17. The van der Waals surface area contributed by atoms with Crippen LogP contribution in [0.15, 0.2) is 29.2 Å². The van der Waals surface area contributed by atoms with Crippen LogP contribution >= 0.6 is 11.8 Å². The average Bonchev–Trinajstić information content (AvgIpc) is 2.39. The maximum absolute atomic E-state index is 11.7. The number of hydrogen-bond acceptors (Lipinski definition) is 4. The molecule has 0 fully saturated rings. The van der Waals surface area contributed by atoms with Gasteiger partial charge in [0.2, 0.25) is 0 Å². The standard InChI is InChI=1S/C9H10N2O2S2/c10-9(11)14-7-5-15(12,13)8-4-2-1-3-6(7)8/h1-4,7H,5H2,(H3,10,11). The van der Waals surface area contributed by atoms with Crippen molar-refractivity contribution < 1.29 is 8.42 Å². The van der Waals surface area contributed by atoms with Crippen molar-refractivity contribution in [3.05, 3.63) is 29.8 Å². The predicted molar refractivity (Wildman–Crippen MR) is 60.7 cm³/mol. The van der Waals surface area contributed by atoms with Crippen molar-refractivity contribution in [3.63, 3.8) is 0 Å². The van der Waals surface area contributed by atoms with E-state index in [1.807, 2.05) is 0 Å². The Morgan fingerprint density at radius 1 is 1.47 bits per heavy atom. The maximum atomic E-state index is 11.7. The Kier molecular flexibility index (Phi) is 2.47. The fourth-order valence-corrected chi connectivity index (χ4v) is 4.80. The van der Waals surface area contributed by atoms with Gasteiger partial charge in [0.15, 0.2) is 15.0 Å². The molecule has 1 aliphatic heterocycles. The summed E-state index contributed by atoms with van der Waals surface area (Å²) in [5, 5.41) is 6.89. The van der Waals surface area contributed by atoms with E-state index in [9.17, 15) is 8.42 Å². The Bertz CT molecular complexity index is 511. The lowest BCUT2D eigenvalue weighted by Crippen LogP contribution is -2.09. The minimum Gasteiger partial charge on any atom is -0.379 e. The molecule has 3 N–H and O–H groups in total. The summed E-state index contributed by atoms with van der Waals surface area (Å²) in [6.07, 6.45) is 0. The van der Waals surface area contributed by atoms with Crippen molar-refractivity contribution in [1.82, 2.24) is 0 Å². The summed E-state index contributed by atoms with van der Waals surface area (Å²) < 4.78 is 23.4. The Hall–Kier alpha value is -1.01. The number of hydrogen-bond donors (Lipinski definition) is 2. The van der Waals surface area contributed by atoms with Gasteiger partial charge in [-0.05, 0) is 11.6 Å². The average molecular weight is 242 g/mol. The molecule has 4 nitrogen and oxygen atoms in total. The lowest BCUT2D eigenvalue weighted by atomic mass is 10.2. The van der Waals surface area contributed by atoms with Gasteiger partial charge in [-0.1, -0.05) is 30.0 Å². The van der Waals surface area contributed by atoms with Gasteiger partial charge in [0, 0.05) is 0 Å². The van der Waals surface area contributed by atoms with Crippen LogP contribution in [0.2, 0.25) is 0 Å². The first kappa shape index (κ1) is 10.5. The van der Waals surface area contributed by atoms with Crippen molar-refractivity contribution in [2.24, 2.45) is 5.73 Å². The summed E-state index contributed by atoms with van der Waals surface area (Å²) in [5.74, 6) is 0.0383. The zero-order valence-electron chi connectivity index (χ0n) is 7.80. The van der Waals surface area contributed by atoms with Gasteiger partial charge in [-0.25, -0.2) is 8.42 Å². The molecule has 1 unspecified atom stereocenters. The molecule has 1 aromatic rings. The molecule has 1 aromatic carbocycles. The number of fused-ring (bicyclic) bond motifs is 1. The van der Waals surface area contributed by atoms with E-state index in [1.165, 1.54) is 0 Å². The second kappa shape index (κ2) is 3.53. The lowest BCUT2D eigenvalue weighted by Gasteiger charge is -2.06. The van der Waals surface area contributed by atoms with Gasteiger partial charge in [0.25, 0.3) is 0 Å². The van der Waals surface area contributed by atoms with Crippen LogP contribution in [0.3, 0.4) is 0 Å². The van der Waals surface area contributed by atoms with Crippen molar-refractivity contribution >= 4 is 26.8 Å². The molecule has 15 heavy (non-hydrogen) atoms. The van der Waals surface area contributed by atoms with Gasteiger partial charge in [-0.3, -0.25) is 5.41 Å². The van der Waals surface area contributed by atoms with Crippen LogP contribution in [-0.4, -0.2) is 19.3 Å². The highest BCUT2D eigenvalue weighted by molar-refractivity contribution is 8.14. The molecule has 0 saturated heterocycles. The Morgan fingerprint density at radius 3 is 2.80 bits per heavy atom. The molecule has 0 aliphatic carbocycles. The largest absolute Gasteiger partial charge is 0.379 e. The summed E-state index contributed by atoms with van der Waals surface area (Å²) in [6, 6.07) is 6.89. The number of rotatable bonds is 1. The molecule has 0 spiro atoms. The van der Waals surface area contributed by atoms with Crippen LogP contribution < -0.4 is 5.73 Å². The molecule has 6 heteroatoms. The molecule has 0 radical (unpaired) electrons. The van der Waals surface area contributed by atoms with Gasteiger partial charge < -0.3 is 5.73 Å². The SMILES string of the molecule is N=C(N)SC1CS(=O)(=O)c2ccccc21. The highest BCUT2D eigenvalue weighted by atomic mass is 32.2. The van der Waals surface area contributed by atoms with E-state index in [1.54, 1.807) is 24.3 Å². The van der Waals surface area contributed by atoms with Crippen molar-refractivity contribution in [3.8, 4) is 0 Å². The molecule has 0 amide bonds. The summed E-state index contributed by atoms with van der Waals surface area (Å²) in [6.45, 7) is 0.